The van der Waals surface area contributed by atoms with Crippen LogP contribution in [0, 0.1) is 0 Å². The van der Waals surface area contributed by atoms with E-state index in [-0.39, 0.29) is 11.3 Å². The summed E-state index contributed by atoms with van der Waals surface area (Å²) in [6, 6.07) is 0. The predicted octanol–water partition coefficient (Wildman–Crippen LogP) is -0.0883. The molecule has 0 aromatic rings. The lowest BCUT2D eigenvalue weighted by Gasteiger charge is -2.01. The summed E-state index contributed by atoms with van der Waals surface area (Å²) in [7, 11) is 0. The molecule has 0 spiro atoms. The third-order valence-corrected chi connectivity index (χ3v) is 1.11. The third kappa shape index (κ3) is 4.12. The van der Waals surface area contributed by atoms with Gasteiger partial charge < -0.3 is 10.6 Å². The van der Waals surface area contributed by atoms with Crippen molar-refractivity contribution in [3.8, 4) is 0 Å². The maximum atomic E-state index is 10.5. The lowest BCUT2D eigenvalue weighted by atomic mass is 10.1. The maximum absolute atomic E-state index is 10.5. The highest BCUT2D eigenvalue weighted by Crippen LogP contribution is 1.93. The monoisotopic (exact) mass is 134 g/mol. The van der Waals surface area contributed by atoms with Crippen LogP contribution < -0.4 is 0 Å². The molecule has 0 aromatic heterocycles. The quantitative estimate of drug-likeness (QED) is 0.586. The predicted molar refractivity (Wildman–Crippen MR) is 35.2 cm³/mol. The fourth-order valence-electron chi connectivity index (χ4n) is 0.463. The second-order valence-electron chi connectivity index (χ2n) is 1.74. The zero-order valence-corrected chi connectivity index (χ0v) is 5.85. The van der Waals surface area contributed by atoms with E-state index in [1.807, 2.05) is 0 Å². The summed E-state index contributed by atoms with van der Waals surface area (Å²) in [6.07, 6.45) is 0.252. The van der Waals surface area contributed by atoms with E-state index in [0.717, 1.165) is 0 Å². The summed E-state index contributed by atoms with van der Waals surface area (Å²) >= 11 is 0. The standard InChI is InChI=1S/C6H12O2.H2O/c1-3-5(7)6(8)4-2;/h5,7H,3-4H2,1-2H3;1H2. The zero-order chi connectivity index (χ0) is 6.57. The fourth-order valence-corrected chi connectivity index (χ4v) is 0.463. The molecule has 9 heavy (non-hydrogen) atoms. The maximum Gasteiger partial charge on any atom is 0.160 e. The number of aliphatic hydroxyl groups is 1. The van der Waals surface area contributed by atoms with Crippen LogP contribution in [0.2, 0.25) is 0 Å². The molecule has 0 amide bonds. The van der Waals surface area contributed by atoms with Gasteiger partial charge in [0.05, 0.1) is 0 Å². The Morgan fingerprint density at radius 1 is 1.56 bits per heavy atom. The molecule has 1 unspecified atom stereocenters. The van der Waals surface area contributed by atoms with Crippen molar-refractivity contribution in [1.29, 1.82) is 0 Å². The first-order valence-corrected chi connectivity index (χ1v) is 2.93. The molecule has 3 N–H and O–H groups in total. The summed E-state index contributed by atoms with van der Waals surface area (Å²) < 4.78 is 0. The van der Waals surface area contributed by atoms with E-state index in [1.165, 1.54) is 0 Å². The number of ketones is 1. The molecule has 0 aliphatic carbocycles. The SMILES string of the molecule is CCC(=O)C(O)CC.O. The molecule has 56 valence electrons. The van der Waals surface area contributed by atoms with Gasteiger partial charge in [-0.25, -0.2) is 0 Å². The van der Waals surface area contributed by atoms with Gasteiger partial charge in [0, 0.05) is 6.42 Å². The van der Waals surface area contributed by atoms with E-state index in [1.54, 1.807) is 13.8 Å². The van der Waals surface area contributed by atoms with Crippen molar-refractivity contribution in [3.05, 3.63) is 0 Å². The van der Waals surface area contributed by atoms with Gasteiger partial charge in [-0.15, -0.1) is 0 Å². The van der Waals surface area contributed by atoms with Crippen LogP contribution in [-0.2, 0) is 4.79 Å². The van der Waals surface area contributed by atoms with E-state index in [0.29, 0.717) is 12.8 Å². The number of hydrogen-bond acceptors (Lipinski definition) is 2. The Bertz CT molecular complexity index is 80.4. The van der Waals surface area contributed by atoms with Crippen molar-refractivity contribution in [3.63, 3.8) is 0 Å². The normalized spacial score (nSPS) is 11.9. The lowest BCUT2D eigenvalue weighted by Crippen LogP contribution is -2.17. The molecule has 0 saturated heterocycles. The summed E-state index contributed by atoms with van der Waals surface area (Å²) in [6.45, 7) is 3.54. The van der Waals surface area contributed by atoms with Crippen LogP contribution in [0.15, 0.2) is 0 Å². The average Bonchev–Trinajstić information content (AvgIpc) is 1.84. The molecule has 0 saturated carbocycles. The Balaban J connectivity index is 0. The van der Waals surface area contributed by atoms with Gasteiger partial charge in [0.1, 0.15) is 6.10 Å². The van der Waals surface area contributed by atoms with Crippen molar-refractivity contribution < 1.29 is 15.4 Å². The number of carbonyl (C=O) groups is 1. The molecule has 3 heteroatoms. The van der Waals surface area contributed by atoms with Gasteiger partial charge in [-0.05, 0) is 6.42 Å². The minimum Gasteiger partial charge on any atom is -0.412 e. The summed E-state index contributed by atoms with van der Waals surface area (Å²) in [5.41, 5.74) is 0. The van der Waals surface area contributed by atoms with Crippen LogP contribution in [-0.4, -0.2) is 22.5 Å². The van der Waals surface area contributed by atoms with Crippen LogP contribution in [0.5, 0.6) is 0 Å². The Kier molecular flexibility index (Phi) is 7.24. The molecule has 0 aliphatic heterocycles. The van der Waals surface area contributed by atoms with Crippen LogP contribution in [0.3, 0.4) is 0 Å². The van der Waals surface area contributed by atoms with Crippen LogP contribution in [0.1, 0.15) is 26.7 Å². The molecule has 0 bridgehead atoms. The molecule has 0 rings (SSSR count). The second kappa shape index (κ2) is 5.72. The third-order valence-electron chi connectivity index (χ3n) is 1.11. The van der Waals surface area contributed by atoms with Crippen molar-refractivity contribution in [2.24, 2.45) is 0 Å². The number of rotatable bonds is 3. The Hall–Kier alpha value is -0.410. The lowest BCUT2D eigenvalue weighted by molar-refractivity contribution is -0.126. The summed E-state index contributed by atoms with van der Waals surface area (Å²) in [5, 5.41) is 8.78. The van der Waals surface area contributed by atoms with Crippen molar-refractivity contribution in [1.82, 2.24) is 0 Å². The zero-order valence-electron chi connectivity index (χ0n) is 5.85. The Labute approximate surface area is 55.0 Å². The number of aliphatic hydroxyl groups excluding tert-OH is 1. The molecular formula is C6H14O3. The second-order valence-corrected chi connectivity index (χ2v) is 1.74. The fraction of sp³-hybridized carbons (Fsp3) is 0.833. The highest BCUT2D eigenvalue weighted by Gasteiger charge is 2.07. The van der Waals surface area contributed by atoms with Gasteiger partial charge in [-0.3, -0.25) is 4.79 Å². The number of hydrogen-bond donors (Lipinski definition) is 1. The first-order chi connectivity index (χ1) is 3.72. The van der Waals surface area contributed by atoms with Gasteiger partial charge in [-0.2, -0.15) is 0 Å². The van der Waals surface area contributed by atoms with E-state index in [4.69, 9.17) is 5.11 Å². The largest absolute Gasteiger partial charge is 0.412 e. The number of carbonyl (C=O) groups excluding carboxylic acids is 1. The molecule has 0 fully saturated rings. The van der Waals surface area contributed by atoms with Crippen LogP contribution in [0.25, 0.3) is 0 Å². The summed E-state index contributed by atoms with van der Waals surface area (Å²) in [5.74, 6) is -0.0625. The van der Waals surface area contributed by atoms with Gasteiger partial charge >= 0.3 is 0 Å². The van der Waals surface area contributed by atoms with E-state index >= 15 is 0 Å². The highest BCUT2D eigenvalue weighted by atomic mass is 16.3. The molecule has 3 nitrogen and oxygen atoms in total. The average molecular weight is 134 g/mol. The van der Waals surface area contributed by atoms with E-state index in [9.17, 15) is 4.79 Å². The highest BCUT2D eigenvalue weighted by molar-refractivity contribution is 5.82. The van der Waals surface area contributed by atoms with Gasteiger partial charge in [0.2, 0.25) is 0 Å². The Morgan fingerprint density at radius 3 is 2.11 bits per heavy atom. The van der Waals surface area contributed by atoms with Crippen LogP contribution >= 0.6 is 0 Å². The topological polar surface area (TPSA) is 68.8 Å². The smallest absolute Gasteiger partial charge is 0.160 e. The van der Waals surface area contributed by atoms with Crippen molar-refractivity contribution in [2.45, 2.75) is 32.8 Å². The molecule has 0 aliphatic rings. The minimum absolute atomic E-state index is 0. The van der Waals surface area contributed by atoms with Crippen molar-refractivity contribution in [2.75, 3.05) is 0 Å². The molecule has 0 heterocycles. The van der Waals surface area contributed by atoms with Gasteiger partial charge in [0.25, 0.3) is 0 Å². The molecule has 1 atom stereocenters. The van der Waals surface area contributed by atoms with Gasteiger partial charge in [0.15, 0.2) is 5.78 Å². The first-order valence-electron chi connectivity index (χ1n) is 2.93. The minimum atomic E-state index is -0.722. The first kappa shape index (κ1) is 11.4. The Morgan fingerprint density at radius 2 is 2.00 bits per heavy atom. The molecule has 0 aromatic carbocycles. The molecule has 0 radical (unpaired) electrons. The van der Waals surface area contributed by atoms with E-state index < -0.39 is 6.10 Å². The van der Waals surface area contributed by atoms with Gasteiger partial charge in [-0.1, -0.05) is 13.8 Å². The van der Waals surface area contributed by atoms with E-state index in [2.05, 4.69) is 0 Å². The number of Topliss-reactive ketones (excluding diaryl/α,β-unsaturated/α-hetero) is 1. The van der Waals surface area contributed by atoms with Crippen molar-refractivity contribution >= 4 is 5.78 Å². The summed E-state index contributed by atoms with van der Waals surface area (Å²) in [4.78, 5) is 10.5. The molecular weight excluding hydrogens is 120 g/mol. The van der Waals surface area contributed by atoms with Crippen LogP contribution in [0.4, 0.5) is 0 Å².